The first-order valence-corrected chi connectivity index (χ1v) is 7.58. The van der Waals surface area contributed by atoms with Crippen molar-refractivity contribution in [2.45, 2.75) is 51.0 Å². The third-order valence-corrected chi connectivity index (χ3v) is 4.03. The number of hydrogen-bond donors (Lipinski definition) is 1. The van der Waals surface area contributed by atoms with Crippen molar-refractivity contribution < 1.29 is 0 Å². The summed E-state index contributed by atoms with van der Waals surface area (Å²) in [5.74, 6) is 0.715. The molecule has 4 nitrogen and oxygen atoms in total. The topological polar surface area (TPSA) is 46.4 Å². The highest BCUT2D eigenvalue weighted by Crippen LogP contribution is 2.19. The summed E-state index contributed by atoms with van der Waals surface area (Å²) in [5, 5.41) is 3.46. The predicted molar refractivity (Wildman–Crippen MR) is 81.2 cm³/mol. The number of aromatic nitrogens is 2. The largest absolute Gasteiger partial charge is 0.367 e. The summed E-state index contributed by atoms with van der Waals surface area (Å²) >= 11 is 0. The molecule has 0 amide bonds. The molecule has 0 bridgehead atoms. The summed E-state index contributed by atoms with van der Waals surface area (Å²) in [6, 6.07) is 7.67. The molecular formula is C16H21N3O. The molecular weight excluding hydrogens is 250 g/mol. The normalized spacial score (nSPS) is 17.6. The van der Waals surface area contributed by atoms with Gasteiger partial charge in [0, 0.05) is 18.3 Å². The van der Waals surface area contributed by atoms with Crippen molar-refractivity contribution in [2.75, 3.05) is 5.32 Å². The highest BCUT2D eigenvalue weighted by Gasteiger charge is 2.12. The second kappa shape index (κ2) is 6.07. The molecule has 0 radical (unpaired) electrons. The average Bonchev–Trinajstić information content (AvgIpc) is 2.42. The van der Waals surface area contributed by atoms with Crippen LogP contribution in [0, 0.1) is 0 Å². The Bertz CT molecular complexity index is 627. The molecule has 3 rings (SSSR count). The summed E-state index contributed by atoms with van der Waals surface area (Å²) in [7, 11) is 0. The second-order valence-electron chi connectivity index (χ2n) is 5.59. The standard InChI is InChI=1S/C16H21N3O/c20-16-12-14(18-15-10-6-7-11-19(15)16)17-13-8-4-2-1-3-5-9-13/h6-7,10-13,17H,1-5,8-9H2. The molecule has 0 unspecified atom stereocenters. The molecule has 0 aromatic carbocycles. The van der Waals surface area contributed by atoms with Gasteiger partial charge in [0.25, 0.3) is 5.56 Å². The summed E-state index contributed by atoms with van der Waals surface area (Å²) in [6.45, 7) is 0. The van der Waals surface area contributed by atoms with Gasteiger partial charge in [0.15, 0.2) is 0 Å². The van der Waals surface area contributed by atoms with Crippen LogP contribution >= 0.6 is 0 Å². The van der Waals surface area contributed by atoms with E-state index in [0.29, 0.717) is 17.5 Å². The van der Waals surface area contributed by atoms with Crippen molar-refractivity contribution >= 4 is 11.5 Å². The molecule has 1 fully saturated rings. The third kappa shape index (κ3) is 3.00. The summed E-state index contributed by atoms with van der Waals surface area (Å²) in [4.78, 5) is 16.6. The molecule has 1 N–H and O–H groups in total. The summed E-state index contributed by atoms with van der Waals surface area (Å²) < 4.78 is 1.57. The Morgan fingerprint density at radius 1 is 1.10 bits per heavy atom. The van der Waals surface area contributed by atoms with E-state index in [0.717, 1.165) is 0 Å². The molecule has 2 heterocycles. The van der Waals surface area contributed by atoms with Crippen LogP contribution in [-0.2, 0) is 0 Å². The number of pyridine rings is 1. The van der Waals surface area contributed by atoms with Gasteiger partial charge in [-0.25, -0.2) is 4.98 Å². The SMILES string of the molecule is O=c1cc(NC2CCCCCCC2)nc2ccccn12. The minimum Gasteiger partial charge on any atom is -0.367 e. The zero-order chi connectivity index (χ0) is 13.8. The number of rotatable bonds is 2. The molecule has 106 valence electrons. The van der Waals surface area contributed by atoms with Crippen LogP contribution in [0.2, 0.25) is 0 Å². The van der Waals surface area contributed by atoms with Gasteiger partial charge < -0.3 is 5.32 Å². The van der Waals surface area contributed by atoms with Crippen LogP contribution in [0.4, 0.5) is 5.82 Å². The van der Waals surface area contributed by atoms with Crippen molar-refractivity contribution in [2.24, 2.45) is 0 Å². The van der Waals surface area contributed by atoms with Crippen molar-refractivity contribution in [3.05, 3.63) is 40.8 Å². The number of nitrogens with one attached hydrogen (secondary N) is 1. The van der Waals surface area contributed by atoms with Crippen molar-refractivity contribution in [3.63, 3.8) is 0 Å². The lowest BCUT2D eigenvalue weighted by molar-refractivity contribution is 0.470. The maximum absolute atomic E-state index is 12.0. The molecule has 0 spiro atoms. The van der Waals surface area contributed by atoms with Crippen LogP contribution in [0.1, 0.15) is 44.9 Å². The first kappa shape index (κ1) is 13.2. The Morgan fingerprint density at radius 2 is 1.85 bits per heavy atom. The fourth-order valence-corrected chi connectivity index (χ4v) is 2.94. The molecule has 0 atom stereocenters. The maximum Gasteiger partial charge on any atom is 0.259 e. The van der Waals surface area contributed by atoms with E-state index < -0.39 is 0 Å². The van der Waals surface area contributed by atoms with Crippen LogP contribution in [0.25, 0.3) is 5.65 Å². The molecule has 1 aliphatic carbocycles. The van der Waals surface area contributed by atoms with E-state index >= 15 is 0 Å². The van der Waals surface area contributed by atoms with Gasteiger partial charge in [-0.2, -0.15) is 0 Å². The minimum absolute atomic E-state index is 0.0241. The van der Waals surface area contributed by atoms with Crippen molar-refractivity contribution in [3.8, 4) is 0 Å². The first-order valence-electron chi connectivity index (χ1n) is 7.58. The Balaban J connectivity index is 1.81. The second-order valence-corrected chi connectivity index (χ2v) is 5.59. The molecule has 2 aromatic heterocycles. The van der Waals surface area contributed by atoms with E-state index in [9.17, 15) is 4.79 Å². The molecule has 20 heavy (non-hydrogen) atoms. The Labute approximate surface area is 118 Å². The van der Waals surface area contributed by atoms with E-state index in [2.05, 4.69) is 10.3 Å². The monoisotopic (exact) mass is 271 g/mol. The number of nitrogens with zero attached hydrogens (tertiary/aromatic N) is 2. The third-order valence-electron chi connectivity index (χ3n) is 4.03. The molecule has 2 aromatic rings. The first-order chi connectivity index (χ1) is 9.83. The number of anilines is 1. The zero-order valence-corrected chi connectivity index (χ0v) is 11.7. The number of hydrogen-bond acceptors (Lipinski definition) is 3. The molecule has 0 saturated heterocycles. The quantitative estimate of drug-likeness (QED) is 0.912. The fraction of sp³-hybridized carbons (Fsp3) is 0.500. The minimum atomic E-state index is -0.0241. The van der Waals surface area contributed by atoms with Gasteiger partial charge in [-0.15, -0.1) is 0 Å². The molecule has 0 aliphatic heterocycles. The molecule has 1 aliphatic rings. The fourth-order valence-electron chi connectivity index (χ4n) is 2.94. The Kier molecular flexibility index (Phi) is 4.00. The van der Waals surface area contributed by atoms with Gasteiger partial charge in [-0.1, -0.05) is 38.2 Å². The van der Waals surface area contributed by atoms with Crippen LogP contribution in [-0.4, -0.2) is 15.4 Å². The zero-order valence-electron chi connectivity index (χ0n) is 11.7. The lowest BCUT2D eigenvalue weighted by Gasteiger charge is -2.21. The van der Waals surface area contributed by atoms with E-state index in [-0.39, 0.29) is 5.56 Å². The van der Waals surface area contributed by atoms with Gasteiger partial charge in [0.1, 0.15) is 11.5 Å². The predicted octanol–water partition coefficient (Wildman–Crippen LogP) is 3.22. The lowest BCUT2D eigenvalue weighted by atomic mass is 9.97. The summed E-state index contributed by atoms with van der Waals surface area (Å²) in [6.07, 6.45) is 10.7. The van der Waals surface area contributed by atoms with Crippen molar-refractivity contribution in [1.82, 2.24) is 9.38 Å². The number of fused-ring (bicyclic) bond motifs is 1. The van der Waals surface area contributed by atoms with Crippen LogP contribution in [0.5, 0.6) is 0 Å². The molecule has 1 saturated carbocycles. The van der Waals surface area contributed by atoms with Crippen LogP contribution in [0.3, 0.4) is 0 Å². The van der Waals surface area contributed by atoms with E-state index in [1.165, 1.54) is 44.9 Å². The highest BCUT2D eigenvalue weighted by atomic mass is 16.1. The van der Waals surface area contributed by atoms with Crippen molar-refractivity contribution in [1.29, 1.82) is 0 Å². The van der Waals surface area contributed by atoms with Crippen LogP contribution in [0.15, 0.2) is 35.3 Å². The van der Waals surface area contributed by atoms with Gasteiger partial charge >= 0.3 is 0 Å². The summed E-state index contributed by atoms with van der Waals surface area (Å²) in [5.41, 5.74) is 0.678. The molecule has 4 heteroatoms. The lowest BCUT2D eigenvalue weighted by Crippen LogP contribution is -2.23. The van der Waals surface area contributed by atoms with Gasteiger partial charge in [-0.3, -0.25) is 9.20 Å². The van der Waals surface area contributed by atoms with E-state index in [1.807, 2.05) is 18.2 Å². The van der Waals surface area contributed by atoms with Crippen LogP contribution < -0.4 is 10.9 Å². The van der Waals surface area contributed by atoms with Gasteiger partial charge in [0.2, 0.25) is 0 Å². The smallest absolute Gasteiger partial charge is 0.259 e. The van der Waals surface area contributed by atoms with E-state index in [4.69, 9.17) is 0 Å². The Hall–Kier alpha value is -1.84. The average molecular weight is 271 g/mol. The van der Waals surface area contributed by atoms with E-state index in [1.54, 1.807) is 16.7 Å². The highest BCUT2D eigenvalue weighted by molar-refractivity contribution is 5.46. The maximum atomic E-state index is 12.0. The Morgan fingerprint density at radius 3 is 2.65 bits per heavy atom. The van der Waals surface area contributed by atoms with Gasteiger partial charge in [-0.05, 0) is 25.0 Å². The van der Waals surface area contributed by atoms with Gasteiger partial charge in [0.05, 0.1) is 0 Å².